The molecule has 0 amide bonds. The van der Waals surface area contributed by atoms with E-state index >= 15 is 0 Å². The summed E-state index contributed by atoms with van der Waals surface area (Å²) in [7, 11) is -4.62. The second-order valence-corrected chi connectivity index (χ2v) is 16.8. The standard InChI is InChI=1S/C48H78O12S/c1-3-5-7-9-11-13-15-17-19-21-23-25-27-29-31-33-35-37-44(50)59-41(39-58-48-47(53)46(52)45(51)42(60-48)40-61(54,55)56)38-57-43(49)36-34-32-30-28-26-24-22-20-18-16-14-12-10-8-6-4-2/h5,7,11,13-14,16-17,19-20,22-23,25,29,31,41-42,45-48,51-53H,3-4,6,8-10,12,15,18,21,24,26-28,30,32-40H2,1-2H3,(H,54,55,56)/b7-5-,13-11-,16-14-,19-17-,22-20-,25-23-,31-29-. The Labute approximate surface area is 367 Å². The first kappa shape index (κ1) is 55.8. The van der Waals surface area contributed by atoms with E-state index < -0.39 is 71.2 Å². The predicted octanol–water partition coefficient (Wildman–Crippen LogP) is 9.28. The molecule has 6 atom stereocenters. The second kappa shape index (κ2) is 37.4. The van der Waals surface area contributed by atoms with E-state index in [2.05, 4.69) is 86.8 Å². The van der Waals surface area contributed by atoms with Crippen LogP contribution in [0.4, 0.5) is 0 Å². The van der Waals surface area contributed by atoms with E-state index in [0.717, 1.165) is 77.0 Å². The molecule has 13 heteroatoms. The van der Waals surface area contributed by atoms with Crippen LogP contribution in [0.3, 0.4) is 0 Å². The van der Waals surface area contributed by atoms with Crippen LogP contribution in [-0.2, 0) is 38.7 Å². The minimum atomic E-state index is -4.62. The van der Waals surface area contributed by atoms with E-state index in [1.165, 1.54) is 25.7 Å². The van der Waals surface area contributed by atoms with Crippen LogP contribution in [0.25, 0.3) is 0 Å². The van der Waals surface area contributed by atoms with E-state index in [9.17, 15) is 37.9 Å². The lowest BCUT2D eigenvalue weighted by molar-refractivity contribution is -0.297. The number of esters is 2. The smallest absolute Gasteiger partial charge is 0.306 e. The molecule has 0 spiro atoms. The largest absolute Gasteiger partial charge is 0.462 e. The molecular formula is C48H78O12S. The molecule has 0 radical (unpaired) electrons. The molecule has 1 aliphatic heterocycles. The van der Waals surface area contributed by atoms with Crippen molar-refractivity contribution in [2.45, 2.75) is 185 Å². The Hall–Kier alpha value is -3.17. The maximum Gasteiger partial charge on any atom is 0.306 e. The van der Waals surface area contributed by atoms with Crippen molar-refractivity contribution in [2.24, 2.45) is 0 Å². The fourth-order valence-electron chi connectivity index (χ4n) is 6.21. The molecule has 0 aromatic carbocycles. The molecule has 0 aromatic heterocycles. The molecular weight excluding hydrogens is 801 g/mol. The van der Waals surface area contributed by atoms with Gasteiger partial charge in [-0.25, -0.2) is 0 Å². The minimum absolute atomic E-state index is 0.0781. The van der Waals surface area contributed by atoms with Gasteiger partial charge >= 0.3 is 11.9 Å². The van der Waals surface area contributed by atoms with E-state index in [4.69, 9.17) is 18.9 Å². The summed E-state index contributed by atoms with van der Waals surface area (Å²) in [4.78, 5) is 25.4. The molecule has 1 aliphatic rings. The highest BCUT2D eigenvalue weighted by atomic mass is 32.2. The zero-order valence-electron chi connectivity index (χ0n) is 37.0. The number of carbonyl (C=O) groups excluding carboxylic acids is 2. The van der Waals surface area contributed by atoms with Crippen LogP contribution in [0.5, 0.6) is 0 Å². The zero-order valence-corrected chi connectivity index (χ0v) is 37.8. The van der Waals surface area contributed by atoms with Gasteiger partial charge in [-0.2, -0.15) is 8.42 Å². The normalized spacial score (nSPS) is 20.8. The van der Waals surface area contributed by atoms with Crippen LogP contribution in [0, 0.1) is 0 Å². The summed E-state index contributed by atoms with van der Waals surface area (Å²) in [5.41, 5.74) is 0. The maximum atomic E-state index is 12.8. The highest BCUT2D eigenvalue weighted by Crippen LogP contribution is 2.24. The summed E-state index contributed by atoms with van der Waals surface area (Å²) in [6.07, 6.45) is 39.2. The molecule has 61 heavy (non-hydrogen) atoms. The Morgan fingerprint density at radius 2 is 1.05 bits per heavy atom. The van der Waals surface area contributed by atoms with Gasteiger partial charge < -0.3 is 34.3 Å². The monoisotopic (exact) mass is 879 g/mol. The summed E-state index contributed by atoms with van der Waals surface area (Å²) >= 11 is 0. The Morgan fingerprint density at radius 1 is 0.574 bits per heavy atom. The van der Waals surface area contributed by atoms with Gasteiger partial charge in [-0.3, -0.25) is 14.1 Å². The van der Waals surface area contributed by atoms with Gasteiger partial charge in [-0.15, -0.1) is 0 Å². The zero-order chi connectivity index (χ0) is 44.8. The van der Waals surface area contributed by atoms with E-state index in [-0.39, 0.29) is 19.4 Å². The van der Waals surface area contributed by atoms with Gasteiger partial charge in [0.2, 0.25) is 0 Å². The summed E-state index contributed by atoms with van der Waals surface area (Å²) in [6.45, 7) is 3.55. The van der Waals surface area contributed by atoms with Crippen molar-refractivity contribution in [2.75, 3.05) is 19.0 Å². The highest BCUT2D eigenvalue weighted by molar-refractivity contribution is 7.85. The number of aliphatic hydroxyl groups excluding tert-OH is 3. The molecule has 4 N–H and O–H groups in total. The summed E-state index contributed by atoms with van der Waals surface area (Å²) in [5, 5.41) is 30.9. The lowest BCUT2D eigenvalue weighted by atomic mass is 10.00. The van der Waals surface area contributed by atoms with Gasteiger partial charge in [-0.1, -0.05) is 137 Å². The molecule has 0 aliphatic carbocycles. The van der Waals surface area contributed by atoms with Gasteiger partial charge in [0.15, 0.2) is 12.4 Å². The van der Waals surface area contributed by atoms with Crippen molar-refractivity contribution in [3.8, 4) is 0 Å². The average Bonchev–Trinajstić information content (AvgIpc) is 3.22. The number of rotatable bonds is 36. The van der Waals surface area contributed by atoms with E-state index in [1.807, 2.05) is 12.2 Å². The molecule has 348 valence electrons. The van der Waals surface area contributed by atoms with Crippen molar-refractivity contribution in [3.63, 3.8) is 0 Å². The van der Waals surface area contributed by atoms with E-state index in [1.54, 1.807) is 0 Å². The minimum Gasteiger partial charge on any atom is -0.462 e. The van der Waals surface area contributed by atoms with Gasteiger partial charge in [0.05, 0.1) is 6.61 Å². The third-order valence-corrected chi connectivity index (χ3v) is 10.5. The van der Waals surface area contributed by atoms with Crippen LogP contribution in [0.2, 0.25) is 0 Å². The van der Waals surface area contributed by atoms with Crippen LogP contribution in [0.1, 0.15) is 149 Å². The van der Waals surface area contributed by atoms with Crippen LogP contribution in [0.15, 0.2) is 85.1 Å². The maximum absolute atomic E-state index is 12.8. The summed E-state index contributed by atoms with van der Waals surface area (Å²) < 4.78 is 54.0. The first-order chi connectivity index (χ1) is 29.5. The van der Waals surface area contributed by atoms with Crippen LogP contribution in [-0.4, -0.2) is 96.0 Å². The first-order valence-corrected chi connectivity index (χ1v) is 24.3. The van der Waals surface area contributed by atoms with Crippen molar-refractivity contribution in [1.29, 1.82) is 0 Å². The number of ether oxygens (including phenoxy) is 4. The quantitative estimate of drug-likeness (QED) is 0.0203. The second-order valence-electron chi connectivity index (χ2n) is 15.3. The number of aliphatic hydroxyl groups is 3. The highest BCUT2D eigenvalue weighted by Gasteiger charge is 2.46. The van der Waals surface area contributed by atoms with Crippen molar-refractivity contribution in [3.05, 3.63) is 85.1 Å². The molecule has 1 heterocycles. The predicted molar refractivity (Wildman–Crippen MR) is 242 cm³/mol. The molecule has 0 bridgehead atoms. The topological polar surface area (TPSA) is 186 Å². The third-order valence-electron chi connectivity index (χ3n) is 9.71. The third kappa shape index (κ3) is 32.2. The first-order valence-electron chi connectivity index (χ1n) is 22.6. The lowest BCUT2D eigenvalue weighted by Gasteiger charge is -2.40. The molecule has 6 unspecified atom stereocenters. The van der Waals surface area contributed by atoms with Crippen molar-refractivity contribution >= 4 is 22.1 Å². The molecule has 12 nitrogen and oxygen atoms in total. The number of carbonyl (C=O) groups is 2. The lowest BCUT2D eigenvalue weighted by Crippen LogP contribution is -2.60. The molecule has 1 saturated heterocycles. The van der Waals surface area contributed by atoms with Crippen molar-refractivity contribution in [1.82, 2.24) is 0 Å². The molecule has 1 fully saturated rings. The number of unbranched alkanes of at least 4 members (excludes halogenated alkanes) is 10. The number of hydrogen-bond donors (Lipinski definition) is 4. The molecule has 0 saturated carbocycles. The number of hydrogen-bond acceptors (Lipinski definition) is 11. The van der Waals surface area contributed by atoms with Gasteiger partial charge in [0.1, 0.15) is 36.8 Å². The number of allylic oxidation sites excluding steroid dienone is 14. The van der Waals surface area contributed by atoms with Crippen molar-refractivity contribution < 1.29 is 56.8 Å². The average molecular weight is 879 g/mol. The Morgan fingerprint density at radius 3 is 1.59 bits per heavy atom. The Bertz CT molecular complexity index is 1450. The summed E-state index contributed by atoms with van der Waals surface area (Å²) in [5.74, 6) is -2.09. The molecule has 0 aromatic rings. The van der Waals surface area contributed by atoms with Gasteiger partial charge in [0.25, 0.3) is 10.1 Å². The summed E-state index contributed by atoms with van der Waals surface area (Å²) in [6, 6.07) is 0. The van der Waals surface area contributed by atoms with E-state index in [0.29, 0.717) is 19.3 Å². The van der Waals surface area contributed by atoms with Gasteiger partial charge in [-0.05, 0) is 83.5 Å². The van der Waals surface area contributed by atoms with Gasteiger partial charge in [0, 0.05) is 12.8 Å². The molecule has 1 rings (SSSR count). The Balaban J connectivity index is 2.51. The fourth-order valence-corrected chi connectivity index (χ4v) is 6.90. The SMILES string of the molecule is CC/C=C\C/C=C\C/C=C\C/C=C\C/C=C\CCCC(=O)OC(COC(=O)CCCCCCC/C=C\C/C=C\CCCCCC)COC1OC(CS(=O)(=O)O)C(O)C(O)C1O. The van der Waals surface area contributed by atoms with Crippen LogP contribution < -0.4 is 0 Å². The Kier molecular flexibility index (Phi) is 34.2. The fraction of sp³-hybridized carbons (Fsp3) is 0.667. The van der Waals surface area contributed by atoms with Crippen LogP contribution >= 0.6 is 0 Å².